The molecule has 0 aliphatic rings. The second kappa shape index (κ2) is 5.48. The van der Waals surface area contributed by atoms with Gasteiger partial charge in [0.2, 0.25) is 5.78 Å². The Balaban J connectivity index is 2.38. The summed E-state index contributed by atoms with van der Waals surface area (Å²) in [6.07, 6.45) is 1.27. The van der Waals surface area contributed by atoms with E-state index in [0.29, 0.717) is 17.1 Å². The maximum absolute atomic E-state index is 12.3. The summed E-state index contributed by atoms with van der Waals surface area (Å²) < 4.78 is 10.2. The molecule has 1 aromatic heterocycles. The molecule has 0 aliphatic carbocycles. The lowest BCUT2D eigenvalue weighted by atomic mass is 10.1. The minimum Gasteiger partial charge on any atom is -0.497 e. The highest BCUT2D eigenvalue weighted by molar-refractivity contribution is 6.09. The largest absolute Gasteiger partial charge is 0.497 e. The van der Waals surface area contributed by atoms with Crippen molar-refractivity contribution in [1.29, 1.82) is 0 Å². The normalized spacial score (nSPS) is 10.1. The average Bonchev–Trinajstić information content (AvgIpc) is 2.95. The predicted molar refractivity (Wildman–Crippen MR) is 70.7 cm³/mol. The number of aromatic amines is 1. The Morgan fingerprint density at radius 2 is 1.60 bits per heavy atom. The summed E-state index contributed by atoms with van der Waals surface area (Å²) in [4.78, 5) is 25.7. The third-order valence-corrected chi connectivity index (χ3v) is 2.79. The lowest BCUT2D eigenvalue weighted by Crippen LogP contribution is -2.03. The molecule has 0 saturated carbocycles. The van der Waals surface area contributed by atoms with Gasteiger partial charge in [0.1, 0.15) is 11.5 Å². The lowest BCUT2D eigenvalue weighted by molar-refractivity contribution is 0.0697. The molecule has 0 radical (unpaired) electrons. The maximum atomic E-state index is 12.3. The molecule has 6 nitrogen and oxygen atoms in total. The zero-order valence-corrected chi connectivity index (χ0v) is 11.0. The van der Waals surface area contributed by atoms with E-state index in [0.717, 1.165) is 0 Å². The fourth-order valence-electron chi connectivity index (χ4n) is 1.74. The van der Waals surface area contributed by atoms with Crippen LogP contribution in [0.15, 0.2) is 30.5 Å². The first-order valence-electron chi connectivity index (χ1n) is 5.74. The molecule has 0 unspecified atom stereocenters. The molecule has 2 N–H and O–H groups in total. The highest BCUT2D eigenvalue weighted by Crippen LogP contribution is 2.24. The number of nitrogens with one attached hydrogen (secondary N) is 1. The molecule has 0 saturated heterocycles. The van der Waals surface area contributed by atoms with E-state index in [4.69, 9.17) is 14.6 Å². The van der Waals surface area contributed by atoms with E-state index in [-0.39, 0.29) is 17.0 Å². The van der Waals surface area contributed by atoms with Crippen molar-refractivity contribution in [2.45, 2.75) is 0 Å². The van der Waals surface area contributed by atoms with Gasteiger partial charge in [0.15, 0.2) is 0 Å². The quantitative estimate of drug-likeness (QED) is 0.814. The number of hydrogen-bond acceptors (Lipinski definition) is 4. The lowest BCUT2D eigenvalue weighted by Gasteiger charge is -2.07. The van der Waals surface area contributed by atoms with Crippen LogP contribution >= 0.6 is 0 Å². The molecule has 0 spiro atoms. The van der Waals surface area contributed by atoms with Crippen LogP contribution in [0, 0.1) is 0 Å². The van der Waals surface area contributed by atoms with Gasteiger partial charge in [0.25, 0.3) is 0 Å². The van der Waals surface area contributed by atoms with Gasteiger partial charge in [-0.3, -0.25) is 4.79 Å². The van der Waals surface area contributed by atoms with Crippen molar-refractivity contribution >= 4 is 11.8 Å². The van der Waals surface area contributed by atoms with Crippen LogP contribution in [0.1, 0.15) is 26.4 Å². The van der Waals surface area contributed by atoms with Crippen LogP contribution in [-0.2, 0) is 0 Å². The van der Waals surface area contributed by atoms with Gasteiger partial charge in [-0.1, -0.05) is 0 Å². The van der Waals surface area contributed by atoms with Gasteiger partial charge in [-0.2, -0.15) is 0 Å². The van der Waals surface area contributed by atoms with Crippen LogP contribution in [0.3, 0.4) is 0 Å². The van der Waals surface area contributed by atoms with E-state index in [9.17, 15) is 9.59 Å². The Morgan fingerprint density at radius 3 is 2.05 bits per heavy atom. The Morgan fingerprint density at radius 1 is 1.00 bits per heavy atom. The molecule has 0 fully saturated rings. The van der Waals surface area contributed by atoms with E-state index >= 15 is 0 Å². The number of aromatic nitrogens is 1. The Hall–Kier alpha value is -2.76. The minimum atomic E-state index is -1.09. The summed E-state index contributed by atoms with van der Waals surface area (Å²) in [5.74, 6) is -0.464. The summed E-state index contributed by atoms with van der Waals surface area (Å²) in [6.45, 7) is 0. The Bertz CT molecular complexity index is 637. The molecule has 20 heavy (non-hydrogen) atoms. The number of ether oxygens (including phenoxy) is 2. The topological polar surface area (TPSA) is 88.6 Å². The van der Waals surface area contributed by atoms with E-state index in [2.05, 4.69) is 4.98 Å². The number of carboxylic acids is 1. The fourth-order valence-corrected chi connectivity index (χ4v) is 1.74. The number of ketones is 1. The van der Waals surface area contributed by atoms with Crippen LogP contribution < -0.4 is 9.47 Å². The standard InChI is InChI=1S/C14H13NO5/c1-19-10-3-8(4-11(6-10)20-2)13(16)12-5-9(7-15-12)14(17)18/h3-7,15H,1-2H3,(H,17,18). The van der Waals surface area contributed by atoms with E-state index in [1.54, 1.807) is 18.2 Å². The Kier molecular flexibility index (Phi) is 3.74. The van der Waals surface area contributed by atoms with Gasteiger partial charge in [-0.15, -0.1) is 0 Å². The number of aromatic carboxylic acids is 1. The number of carbonyl (C=O) groups is 2. The van der Waals surface area contributed by atoms with Crippen molar-refractivity contribution < 1.29 is 24.2 Å². The summed E-state index contributed by atoms with van der Waals surface area (Å²) in [6, 6.07) is 6.06. The molecule has 0 aliphatic heterocycles. The first kappa shape index (κ1) is 13.7. The summed E-state index contributed by atoms with van der Waals surface area (Å²) in [5.41, 5.74) is 0.570. The van der Waals surface area contributed by atoms with E-state index in [1.807, 2.05) is 0 Å². The van der Waals surface area contributed by atoms with E-state index in [1.165, 1.54) is 26.5 Å². The number of carbonyl (C=O) groups excluding carboxylic acids is 1. The Labute approximate surface area is 115 Å². The number of carboxylic acid groups (broad SMARTS) is 1. The van der Waals surface area contributed by atoms with E-state index < -0.39 is 5.97 Å². The van der Waals surface area contributed by atoms with Crippen LogP contribution in [0.5, 0.6) is 11.5 Å². The zero-order valence-electron chi connectivity index (χ0n) is 11.0. The average molecular weight is 275 g/mol. The van der Waals surface area contributed by atoms with Gasteiger partial charge < -0.3 is 19.6 Å². The summed E-state index contributed by atoms with van der Waals surface area (Å²) in [5, 5.41) is 8.84. The van der Waals surface area contributed by atoms with Crippen LogP contribution in [-0.4, -0.2) is 36.1 Å². The molecular formula is C14H13NO5. The first-order chi connectivity index (χ1) is 9.55. The second-order valence-corrected chi connectivity index (χ2v) is 4.04. The first-order valence-corrected chi connectivity index (χ1v) is 5.74. The molecule has 0 atom stereocenters. The molecule has 0 amide bonds. The highest BCUT2D eigenvalue weighted by atomic mass is 16.5. The van der Waals surface area contributed by atoms with Crippen molar-refractivity contribution in [3.63, 3.8) is 0 Å². The molecule has 1 aromatic carbocycles. The number of methoxy groups -OCH3 is 2. The summed E-state index contributed by atoms with van der Waals surface area (Å²) >= 11 is 0. The van der Waals surface area contributed by atoms with Crippen molar-refractivity contribution in [2.24, 2.45) is 0 Å². The summed E-state index contributed by atoms with van der Waals surface area (Å²) in [7, 11) is 2.97. The van der Waals surface area contributed by atoms with Crippen molar-refractivity contribution in [3.8, 4) is 11.5 Å². The molecule has 2 rings (SSSR count). The molecule has 0 bridgehead atoms. The molecule has 104 valence electrons. The van der Waals surface area contributed by atoms with Crippen molar-refractivity contribution in [1.82, 2.24) is 4.98 Å². The third kappa shape index (κ3) is 2.64. The smallest absolute Gasteiger partial charge is 0.337 e. The highest BCUT2D eigenvalue weighted by Gasteiger charge is 2.16. The zero-order chi connectivity index (χ0) is 14.7. The van der Waals surface area contributed by atoms with Gasteiger partial charge in [0, 0.05) is 17.8 Å². The molecule has 2 aromatic rings. The number of benzene rings is 1. The van der Waals surface area contributed by atoms with Crippen LogP contribution in [0.25, 0.3) is 0 Å². The van der Waals surface area contributed by atoms with Crippen LogP contribution in [0.4, 0.5) is 0 Å². The van der Waals surface area contributed by atoms with Crippen molar-refractivity contribution in [3.05, 3.63) is 47.3 Å². The molecular weight excluding hydrogens is 262 g/mol. The van der Waals surface area contributed by atoms with Crippen LogP contribution in [0.2, 0.25) is 0 Å². The van der Waals surface area contributed by atoms with Gasteiger partial charge in [0.05, 0.1) is 25.5 Å². The molecule has 6 heteroatoms. The van der Waals surface area contributed by atoms with Gasteiger partial charge >= 0.3 is 5.97 Å². The maximum Gasteiger partial charge on any atom is 0.337 e. The number of hydrogen-bond donors (Lipinski definition) is 2. The fraction of sp³-hybridized carbons (Fsp3) is 0.143. The second-order valence-electron chi connectivity index (χ2n) is 4.04. The van der Waals surface area contributed by atoms with Gasteiger partial charge in [-0.05, 0) is 18.2 Å². The molecule has 1 heterocycles. The third-order valence-electron chi connectivity index (χ3n) is 2.79. The number of H-pyrrole nitrogens is 1. The predicted octanol–water partition coefficient (Wildman–Crippen LogP) is 1.96. The van der Waals surface area contributed by atoms with Crippen molar-refractivity contribution in [2.75, 3.05) is 14.2 Å². The minimum absolute atomic E-state index is 0.0308. The SMILES string of the molecule is COc1cc(OC)cc(C(=O)c2cc(C(=O)O)c[nH]2)c1. The van der Waals surface area contributed by atoms with Gasteiger partial charge in [-0.25, -0.2) is 4.79 Å². The monoisotopic (exact) mass is 275 g/mol. The number of rotatable bonds is 5.